The number of carbonyl (C=O) groups excluding carboxylic acids is 2. The fraction of sp³-hybridized carbons (Fsp3) is 0.579. The van der Waals surface area contributed by atoms with Gasteiger partial charge in [-0.15, -0.1) is 0 Å². The third-order valence-corrected chi connectivity index (χ3v) is 5.59. The van der Waals surface area contributed by atoms with Crippen molar-refractivity contribution in [1.29, 1.82) is 0 Å². The van der Waals surface area contributed by atoms with E-state index in [0.29, 0.717) is 43.7 Å². The molecule has 1 aromatic rings. The molecule has 0 saturated carbocycles. The molecule has 5 nitrogen and oxygen atoms in total. The van der Waals surface area contributed by atoms with Crippen LogP contribution >= 0.6 is 0 Å². The number of hydrogen-bond donors (Lipinski definition) is 0. The van der Waals surface area contributed by atoms with Crippen molar-refractivity contribution in [2.45, 2.75) is 52.6 Å². The minimum Gasteiger partial charge on any atom is -0.456 e. The van der Waals surface area contributed by atoms with Gasteiger partial charge in [0.15, 0.2) is 0 Å². The Morgan fingerprint density at radius 2 is 1.88 bits per heavy atom. The van der Waals surface area contributed by atoms with E-state index in [1.54, 1.807) is 6.07 Å². The first kappa shape index (κ1) is 19.8. The van der Waals surface area contributed by atoms with Crippen LogP contribution in [0.2, 0.25) is 0 Å². The molecule has 1 fully saturated rings. The summed E-state index contributed by atoms with van der Waals surface area (Å²) in [6.07, 6.45) is 1.67. The Kier molecular flexibility index (Phi) is 6.52. The average Bonchev–Trinajstić information content (AvgIpc) is 2.52. The lowest BCUT2D eigenvalue weighted by atomic mass is 10.0. The van der Waals surface area contributed by atoms with Gasteiger partial charge in [0.05, 0.1) is 16.5 Å². The monoisotopic (exact) mass is 365 g/mol. The van der Waals surface area contributed by atoms with E-state index in [1.165, 1.54) is 0 Å². The maximum atomic E-state index is 12.4. The van der Waals surface area contributed by atoms with E-state index in [1.807, 2.05) is 44.1 Å². The molecular formula is C19H27NO4S. The molecule has 0 aromatic heterocycles. The molecule has 0 spiro atoms. The average molecular weight is 365 g/mol. The standard InChI is InChI=1S/C19H27NO4S/c1-14-13-16(18(22)24-19(2,3)4)6-5-15(14)9-12-25(23)20-10-7-17(21)8-11-20/h5-6,13H,7-12H2,1-4H3. The Bertz CT molecular complexity index is 668. The van der Waals surface area contributed by atoms with Gasteiger partial charge >= 0.3 is 5.97 Å². The van der Waals surface area contributed by atoms with Gasteiger partial charge in [-0.3, -0.25) is 4.79 Å². The normalized spacial score (nSPS) is 17.4. The molecule has 1 saturated heterocycles. The van der Waals surface area contributed by atoms with Crippen LogP contribution in [0.3, 0.4) is 0 Å². The molecule has 1 aliphatic heterocycles. The summed E-state index contributed by atoms with van der Waals surface area (Å²) in [6, 6.07) is 5.50. The van der Waals surface area contributed by atoms with Crippen molar-refractivity contribution < 1.29 is 18.5 Å². The molecular weight excluding hydrogens is 338 g/mol. The summed E-state index contributed by atoms with van der Waals surface area (Å²) in [7, 11) is -1.07. The zero-order valence-electron chi connectivity index (χ0n) is 15.5. The van der Waals surface area contributed by atoms with Gasteiger partial charge in [0.1, 0.15) is 11.4 Å². The summed E-state index contributed by atoms with van der Waals surface area (Å²) < 4.78 is 19.6. The van der Waals surface area contributed by atoms with Crippen molar-refractivity contribution in [2.24, 2.45) is 0 Å². The number of rotatable bonds is 5. The summed E-state index contributed by atoms with van der Waals surface area (Å²) in [5.74, 6) is 0.450. The maximum Gasteiger partial charge on any atom is 0.338 e. The number of hydrogen-bond acceptors (Lipinski definition) is 4. The minimum absolute atomic E-state index is 0.252. The topological polar surface area (TPSA) is 63.7 Å². The summed E-state index contributed by atoms with van der Waals surface area (Å²) in [6.45, 7) is 8.65. The number of carbonyl (C=O) groups is 2. The van der Waals surface area contributed by atoms with Crippen molar-refractivity contribution in [2.75, 3.05) is 18.8 Å². The van der Waals surface area contributed by atoms with Crippen LogP contribution in [-0.2, 0) is 26.9 Å². The van der Waals surface area contributed by atoms with Crippen LogP contribution in [0.5, 0.6) is 0 Å². The minimum atomic E-state index is -1.07. The quantitative estimate of drug-likeness (QED) is 0.753. The lowest BCUT2D eigenvalue weighted by molar-refractivity contribution is -0.120. The highest BCUT2D eigenvalue weighted by Gasteiger charge is 2.21. The molecule has 1 aromatic carbocycles. The molecule has 1 heterocycles. The van der Waals surface area contributed by atoms with Crippen molar-refractivity contribution in [3.63, 3.8) is 0 Å². The largest absolute Gasteiger partial charge is 0.456 e. The number of ether oxygens (including phenoxy) is 1. The zero-order chi connectivity index (χ0) is 18.6. The van der Waals surface area contributed by atoms with Gasteiger partial charge in [0, 0.05) is 31.7 Å². The van der Waals surface area contributed by atoms with E-state index in [2.05, 4.69) is 0 Å². The Labute approximate surface area is 152 Å². The highest BCUT2D eigenvalue weighted by molar-refractivity contribution is 7.82. The van der Waals surface area contributed by atoms with Crippen molar-refractivity contribution in [3.05, 3.63) is 34.9 Å². The van der Waals surface area contributed by atoms with Crippen molar-refractivity contribution >= 4 is 22.7 Å². The van der Waals surface area contributed by atoms with Gasteiger partial charge in [0.2, 0.25) is 0 Å². The Hall–Kier alpha value is -1.53. The Morgan fingerprint density at radius 3 is 2.44 bits per heavy atom. The number of esters is 1. The van der Waals surface area contributed by atoms with Gasteiger partial charge < -0.3 is 4.74 Å². The van der Waals surface area contributed by atoms with Crippen LogP contribution in [0.1, 0.15) is 55.1 Å². The lowest BCUT2D eigenvalue weighted by Crippen LogP contribution is -2.36. The predicted molar refractivity (Wildman–Crippen MR) is 98.9 cm³/mol. The summed E-state index contributed by atoms with van der Waals surface area (Å²) in [5.41, 5.74) is 2.09. The van der Waals surface area contributed by atoms with Crippen LogP contribution in [0.4, 0.5) is 0 Å². The van der Waals surface area contributed by atoms with E-state index in [9.17, 15) is 13.8 Å². The van der Waals surface area contributed by atoms with Gasteiger partial charge in [-0.1, -0.05) is 6.07 Å². The van der Waals surface area contributed by atoms with Gasteiger partial charge in [-0.05, 0) is 57.4 Å². The second kappa shape index (κ2) is 8.23. The molecule has 0 bridgehead atoms. The molecule has 138 valence electrons. The van der Waals surface area contributed by atoms with Gasteiger partial charge in [-0.25, -0.2) is 13.3 Å². The molecule has 25 heavy (non-hydrogen) atoms. The number of nitrogens with zero attached hydrogens (tertiary/aromatic N) is 1. The number of ketones is 1. The summed E-state index contributed by atoms with van der Waals surface area (Å²) in [5, 5.41) is 0. The van der Waals surface area contributed by atoms with E-state index in [4.69, 9.17) is 4.74 Å². The number of piperidine rings is 1. The third kappa shape index (κ3) is 6.04. The molecule has 1 aliphatic rings. The van der Waals surface area contributed by atoms with Gasteiger partial charge in [0.25, 0.3) is 0 Å². The highest BCUT2D eigenvalue weighted by Crippen LogP contribution is 2.17. The van der Waals surface area contributed by atoms with E-state index >= 15 is 0 Å². The van der Waals surface area contributed by atoms with Crippen LogP contribution in [-0.4, -0.2) is 44.7 Å². The second-order valence-electron chi connectivity index (χ2n) is 7.39. The zero-order valence-corrected chi connectivity index (χ0v) is 16.3. The maximum absolute atomic E-state index is 12.4. The summed E-state index contributed by atoms with van der Waals surface area (Å²) in [4.78, 5) is 23.4. The molecule has 1 unspecified atom stereocenters. The van der Waals surface area contributed by atoms with Crippen LogP contribution in [0.25, 0.3) is 0 Å². The van der Waals surface area contributed by atoms with Crippen molar-refractivity contribution in [3.8, 4) is 0 Å². The number of benzene rings is 1. The Balaban J connectivity index is 1.93. The molecule has 1 atom stereocenters. The third-order valence-electron chi connectivity index (χ3n) is 4.09. The van der Waals surface area contributed by atoms with Crippen LogP contribution in [0, 0.1) is 6.92 Å². The fourth-order valence-corrected chi connectivity index (χ4v) is 3.95. The molecule has 2 rings (SSSR count). The first-order chi connectivity index (χ1) is 11.7. The molecule has 6 heteroatoms. The van der Waals surface area contributed by atoms with E-state index < -0.39 is 16.6 Å². The first-order valence-electron chi connectivity index (χ1n) is 8.64. The number of aryl methyl sites for hydroxylation is 2. The van der Waals surface area contributed by atoms with E-state index in [-0.39, 0.29) is 11.8 Å². The SMILES string of the molecule is Cc1cc(C(=O)OC(C)(C)C)ccc1CCS(=O)N1CCC(=O)CC1. The Morgan fingerprint density at radius 1 is 1.24 bits per heavy atom. The van der Waals surface area contributed by atoms with Crippen molar-refractivity contribution in [1.82, 2.24) is 4.31 Å². The lowest BCUT2D eigenvalue weighted by Gasteiger charge is -2.24. The van der Waals surface area contributed by atoms with Crippen LogP contribution < -0.4 is 0 Å². The molecule has 0 radical (unpaired) electrons. The molecule has 0 aliphatic carbocycles. The van der Waals surface area contributed by atoms with E-state index in [0.717, 1.165) is 11.1 Å². The second-order valence-corrected chi connectivity index (χ2v) is 8.95. The fourth-order valence-electron chi connectivity index (χ4n) is 2.71. The van der Waals surface area contributed by atoms with Gasteiger partial charge in [-0.2, -0.15) is 0 Å². The molecule has 0 amide bonds. The smallest absolute Gasteiger partial charge is 0.338 e. The van der Waals surface area contributed by atoms with Crippen LogP contribution in [0.15, 0.2) is 18.2 Å². The molecule has 0 N–H and O–H groups in total. The predicted octanol–water partition coefficient (Wildman–Crippen LogP) is 2.82. The highest BCUT2D eigenvalue weighted by atomic mass is 32.2. The first-order valence-corrected chi connectivity index (χ1v) is 9.91. The number of Topliss-reactive ketones (excluding diaryl/α,β-unsaturated/α-hetero) is 1. The summed E-state index contributed by atoms with van der Waals surface area (Å²) >= 11 is 0.